The van der Waals surface area contributed by atoms with E-state index in [4.69, 9.17) is 9.47 Å². The lowest BCUT2D eigenvalue weighted by Crippen LogP contribution is -2.36. The molecule has 0 bridgehead atoms. The van der Waals surface area contributed by atoms with Gasteiger partial charge in [-0.2, -0.15) is 0 Å². The van der Waals surface area contributed by atoms with Gasteiger partial charge in [-0.1, -0.05) is 35.0 Å². The normalized spacial score (nSPS) is 14.0. The molecule has 1 aliphatic rings. The van der Waals surface area contributed by atoms with E-state index in [2.05, 4.69) is 21.2 Å². The van der Waals surface area contributed by atoms with Crippen molar-refractivity contribution in [2.24, 2.45) is 0 Å². The number of hydrogen-bond donors (Lipinski definition) is 1. The number of halogens is 1. The summed E-state index contributed by atoms with van der Waals surface area (Å²) in [5.41, 5.74) is 2.98. The molecule has 0 aliphatic carbocycles. The van der Waals surface area contributed by atoms with Crippen LogP contribution in [0.5, 0.6) is 11.5 Å². The second-order valence-electron chi connectivity index (χ2n) is 8.60. The third-order valence-electron chi connectivity index (χ3n) is 5.93. The van der Waals surface area contributed by atoms with Crippen molar-refractivity contribution in [3.8, 4) is 11.5 Å². The number of carbonyl (C=O) groups excluding carboxylic acids is 3. The van der Waals surface area contributed by atoms with E-state index < -0.39 is 28.5 Å². The van der Waals surface area contributed by atoms with Gasteiger partial charge >= 0.3 is 0 Å². The van der Waals surface area contributed by atoms with Gasteiger partial charge in [-0.05, 0) is 77.3 Å². The zero-order valence-electron chi connectivity index (χ0n) is 21.5. The molecule has 0 atom stereocenters. The highest BCUT2D eigenvalue weighted by Gasteiger charge is 2.36. The van der Waals surface area contributed by atoms with Crippen LogP contribution < -0.4 is 14.8 Å². The van der Waals surface area contributed by atoms with Crippen molar-refractivity contribution in [2.45, 2.75) is 20.0 Å². The number of hydrogen-bond acceptors (Lipinski definition) is 8. The Kier molecular flexibility index (Phi) is 9.22. The Morgan fingerprint density at radius 3 is 2.38 bits per heavy atom. The van der Waals surface area contributed by atoms with Crippen molar-refractivity contribution in [1.29, 1.82) is 0 Å². The Bertz CT molecular complexity index is 1490. The molecule has 1 heterocycles. The average molecular weight is 626 g/mol. The molecule has 1 aliphatic heterocycles. The van der Waals surface area contributed by atoms with Gasteiger partial charge in [0, 0.05) is 22.3 Å². The highest BCUT2D eigenvalue weighted by atomic mass is 79.9. The van der Waals surface area contributed by atoms with Crippen LogP contribution in [-0.2, 0) is 22.6 Å². The van der Waals surface area contributed by atoms with E-state index in [-0.39, 0.29) is 17.2 Å². The van der Waals surface area contributed by atoms with Crippen molar-refractivity contribution >= 4 is 62.2 Å². The summed E-state index contributed by atoms with van der Waals surface area (Å²) in [6.45, 7) is 1.77. The van der Waals surface area contributed by atoms with Crippen LogP contribution in [0.3, 0.4) is 0 Å². The Hall–Kier alpha value is -4.16. The largest absolute Gasteiger partial charge is 0.493 e. The number of aryl methyl sites for hydroxylation is 1. The van der Waals surface area contributed by atoms with Crippen molar-refractivity contribution in [2.75, 3.05) is 19.0 Å². The van der Waals surface area contributed by atoms with Crippen molar-refractivity contribution in [3.63, 3.8) is 0 Å². The van der Waals surface area contributed by atoms with Gasteiger partial charge in [0.1, 0.15) is 13.2 Å². The van der Waals surface area contributed by atoms with Gasteiger partial charge in [-0.3, -0.25) is 29.4 Å². The number of nitrogens with one attached hydrogen (secondary N) is 1. The minimum atomic E-state index is -0.573. The predicted molar refractivity (Wildman–Crippen MR) is 155 cm³/mol. The lowest BCUT2D eigenvalue weighted by molar-refractivity contribution is -0.384. The van der Waals surface area contributed by atoms with Crippen molar-refractivity contribution < 1.29 is 28.8 Å². The van der Waals surface area contributed by atoms with Crippen LogP contribution in [-0.4, -0.2) is 40.5 Å². The number of nitrogens with zero attached hydrogens (tertiary/aromatic N) is 2. The van der Waals surface area contributed by atoms with Gasteiger partial charge in [-0.15, -0.1) is 0 Å². The average Bonchev–Trinajstić information content (AvgIpc) is 3.20. The first-order valence-corrected chi connectivity index (χ1v) is 13.7. The fraction of sp³-hybridized carbons (Fsp3) is 0.179. The lowest BCUT2D eigenvalue weighted by Gasteiger charge is -2.13. The number of anilines is 1. The zero-order chi connectivity index (χ0) is 28.8. The Morgan fingerprint density at radius 2 is 1.75 bits per heavy atom. The molecule has 1 N–H and O–H groups in total. The number of amides is 3. The Morgan fingerprint density at radius 1 is 1.07 bits per heavy atom. The molecule has 3 aromatic carbocycles. The number of thioether (sulfide) groups is 1. The molecule has 12 heteroatoms. The van der Waals surface area contributed by atoms with Crippen LogP contribution in [0.4, 0.5) is 16.2 Å². The molecule has 206 valence electrons. The van der Waals surface area contributed by atoms with Crippen LogP contribution in [0.15, 0.2) is 70.0 Å². The fourth-order valence-electron chi connectivity index (χ4n) is 3.75. The number of benzene rings is 3. The summed E-state index contributed by atoms with van der Waals surface area (Å²) in [5, 5.41) is 13.0. The Balaban J connectivity index is 1.44. The van der Waals surface area contributed by atoms with Crippen molar-refractivity contribution in [1.82, 2.24) is 4.90 Å². The molecule has 0 spiro atoms. The van der Waals surface area contributed by atoms with E-state index in [1.54, 1.807) is 42.5 Å². The first-order valence-electron chi connectivity index (χ1n) is 12.1. The van der Waals surface area contributed by atoms with Gasteiger partial charge in [0.05, 0.1) is 16.9 Å². The fourth-order valence-corrected chi connectivity index (χ4v) is 5.02. The number of methoxy groups -OCH3 is 1. The smallest absolute Gasteiger partial charge is 0.294 e. The SMILES string of the molecule is CCc1ccc(NC(=O)CN2C(=O)S/C(=C/c3cc(OC)c(OCc4ccc([N+](=O)[O-])cc4)cc3Br)C2=O)cc1. The van der Waals surface area contributed by atoms with Crippen LogP contribution >= 0.6 is 27.7 Å². The third kappa shape index (κ3) is 6.88. The topological polar surface area (TPSA) is 128 Å². The van der Waals surface area contributed by atoms with E-state index in [1.165, 1.54) is 19.2 Å². The van der Waals surface area contributed by atoms with E-state index in [9.17, 15) is 24.5 Å². The molecule has 0 saturated carbocycles. The number of non-ortho nitro benzene ring substituents is 1. The number of rotatable bonds is 10. The molecule has 1 saturated heterocycles. The van der Waals surface area contributed by atoms with Gasteiger partial charge < -0.3 is 14.8 Å². The summed E-state index contributed by atoms with van der Waals surface area (Å²) in [5.74, 6) is -0.272. The monoisotopic (exact) mass is 625 g/mol. The van der Waals surface area contributed by atoms with Crippen LogP contribution in [0.2, 0.25) is 0 Å². The van der Waals surface area contributed by atoms with Gasteiger partial charge in [-0.25, -0.2) is 0 Å². The van der Waals surface area contributed by atoms with Gasteiger partial charge in [0.15, 0.2) is 11.5 Å². The number of nitro groups is 1. The maximum atomic E-state index is 13.0. The summed E-state index contributed by atoms with van der Waals surface area (Å²) in [6, 6.07) is 16.7. The molecule has 4 rings (SSSR count). The summed E-state index contributed by atoms with van der Waals surface area (Å²) < 4.78 is 11.9. The molecule has 0 radical (unpaired) electrons. The maximum absolute atomic E-state index is 13.0. The minimum absolute atomic E-state index is 0.0137. The summed E-state index contributed by atoms with van der Waals surface area (Å²) in [7, 11) is 1.47. The zero-order valence-corrected chi connectivity index (χ0v) is 23.9. The highest BCUT2D eigenvalue weighted by molar-refractivity contribution is 9.10. The number of ether oxygens (including phenoxy) is 2. The van der Waals surface area contributed by atoms with Crippen molar-refractivity contribution in [3.05, 3.63) is 96.8 Å². The second kappa shape index (κ2) is 12.8. The first kappa shape index (κ1) is 28.8. The number of imide groups is 1. The standard InChI is InChI=1S/C28H24BrN3O7S/c1-3-17-4-8-20(9-5-17)30-26(33)15-31-27(34)25(40-28(31)35)13-19-12-23(38-2)24(14-22(19)29)39-16-18-6-10-21(11-7-18)32(36)37/h4-14H,3,15-16H2,1-2H3,(H,30,33)/b25-13+. The molecular weight excluding hydrogens is 602 g/mol. The van der Waals surface area contributed by atoms with Crippen LogP contribution in [0, 0.1) is 10.1 Å². The van der Waals surface area contributed by atoms with E-state index >= 15 is 0 Å². The lowest BCUT2D eigenvalue weighted by atomic mass is 10.1. The Labute approximate surface area is 242 Å². The summed E-state index contributed by atoms with van der Waals surface area (Å²) in [4.78, 5) is 49.5. The summed E-state index contributed by atoms with van der Waals surface area (Å²) in [6.07, 6.45) is 2.41. The predicted octanol–water partition coefficient (Wildman–Crippen LogP) is 6.18. The maximum Gasteiger partial charge on any atom is 0.294 e. The molecule has 10 nitrogen and oxygen atoms in total. The molecule has 0 unspecified atom stereocenters. The van der Waals surface area contributed by atoms with Gasteiger partial charge in [0.2, 0.25) is 5.91 Å². The molecular formula is C28H24BrN3O7S. The molecule has 0 aromatic heterocycles. The first-order chi connectivity index (χ1) is 19.2. The molecule has 3 aromatic rings. The third-order valence-corrected chi connectivity index (χ3v) is 7.53. The van der Waals surface area contributed by atoms with Crippen LogP contribution in [0.25, 0.3) is 6.08 Å². The van der Waals surface area contributed by atoms with Crippen LogP contribution in [0.1, 0.15) is 23.6 Å². The van der Waals surface area contributed by atoms with E-state index in [0.29, 0.717) is 27.2 Å². The number of nitro benzene ring substituents is 1. The van der Waals surface area contributed by atoms with E-state index in [0.717, 1.165) is 34.2 Å². The van der Waals surface area contributed by atoms with Gasteiger partial charge in [0.25, 0.3) is 16.8 Å². The minimum Gasteiger partial charge on any atom is -0.493 e. The number of carbonyl (C=O) groups is 3. The molecule has 1 fully saturated rings. The second-order valence-corrected chi connectivity index (χ2v) is 10.5. The quantitative estimate of drug-likeness (QED) is 0.161. The molecule has 3 amide bonds. The molecule has 40 heavy (non-hydrogen) atoms. The van der Waals surface area contributed by atoms with E-state index in [1.807, 2.05) is 19.1 Å². The highest BCUT2D eigenvalue weighted by Crippen LogP contribution is 2.38. The summed E-state index contributed by atoms with van der Waals surface area (Å²) >= 11 is 4.21.